The predicted octanol–water partition coefficient (Wildman–Crippen LogP) is 5.68. The standard InChI is InChI=1S/C21H30O4.C3H6/c1-3-4-5-8-16-10-11-18(17-9-6-7-15(2)14-17)20(23)19(16)21(24)25-13-12-22;1-3-2/h10-11,14,17,22-23H,3-9,12-13H2,1-2H3;3H,1H2,2H3. The Bertz CT molecular complexity index is 661. The van der Waals surface area contributed by atoms with Crippen LogP contribution in [0.25, 0.3) is 0 Å². The lowest BCUT2D eigenvalue weighted by atomic mass is 9.84. The number of benzene rings is 1. The maximum Gasteiger partial charge on any atom is 0.342 e. The molecule has 28 heavy (non-hydrogen) atoms. The Balaban J connectivity index is 0.00000122. The Labute approximate surface area is 169 Å². The molecule has 1 unspecified atom stereocenters. The van der Waals surface area contributed by atoms with Crippen molar-refractivity contribution in [1.29, 1.82) is 0 Å². The smallest absolute Gasteiger partial charge is 0.342 e. The van der Waals surface area contributed by atoms with Gasteiger partial charge < -0.3 is 14.9 Å². The van der Waals surface area contributed by atoms with Gasteiger partial charge in [-0.25, -0.2) is 4.79 Å². The van der Waals surface area contributed by atoms with Gasteiger partial charge in [0.1, 0.15) is 17.9 Å². The SMILES string of the molecule is C=CC.CCCCCc1ccc(C2C=C(C)CCC2)c(O)c1C(=O)OCCO. The second kappa shape index (κ2) is 13.2. The summed E-state index contributed by atoms with van der Waals surface area (Å²) in [5.74, 6) is -0.355. The molecule has 2 N–H and O–H groups in total. The van der Waals surface area contributed by atoms with Crippen LogP contribution in [0.2, 0.25) is 0 Å². The lowest BCUT2D eigenvalue weighted by Crippen LogP contribution is -2.13. The summed E-state index contributed by atoms with van der Waals surface area (Å²) in [4.78, 5) is 12.5. The first kappa shape index (κ1) is 24.0. The molecule has 0 amide bonds. The largest absolute Gasteiger partial charge is 0.507 e. The lowest BCUT2D eigenvalue weighted by molar-refractivity contribution is 0.0429. The number of phenolic OH excluding ortho intramolecular Hbond substituents is 1. The first-order chi connectivity index (χ1) is 13.5. The highest BCUT2D eigenvalue weighted by atomic mass is 16.5. The van der Waals surface area contributed by atoms with E-state index in [1.807, 2.05) is 19.1 Å². The minimum atomic E-state index is -0.545. The van der Waals surface area contributed by atoms with E-state index in [9.17, 15) is 9.90 Å². The van der Waals surface area contributed by atoms with Crippen molar-refractivity contribution in [2.45, 2.75) is 71.6 Å². The van der Waals surface area contributed by atoms with Crippen LogP contribution < -0.4 is 0 Å². The van der Waals surface area contributed by atoms with Crippen molar-refractivity contribution < 1.29 is 19.7 Å². The van der Waals surface area contributed by atoms with Gasteiger partial charge in [-0.1, -0.05) is 49.6 Å². The Morgan fingerprint density at radius 2 is 2.07 bits per heavy atom. The van der Waals surface area contributed by atoms with Crippen LogP contribution in [-0.4, -0.2) is 29.4 Å². The summed E-state index contributed by atoms with van der Waals surface area (Å²) in [5, 5.41) is 19.8. The number of hydrogen-bond acceptors (Lipinski definition) is 4. The van der Waals surface area contributed by atoms with E-state index < -0.39 is 5.97 Å². The van der Waals surface area contributed by atoms with E-state index in [0.717, 1.165) is 56.1 Å². The Kier molecular flexibility index (Phi) is 11.3. The van der Waals surface area contributed by atoms with Crippen LogP contribution in [0.1, 0.15) is 86.7 Å². The van der Waals surface area contributed by atoms with Crippen LogP contribution in [0.15, 0.2) is 36.4 Å². The van der Waals surface area contributed by atoms with Crippen LogP contribution in [-0.2, 0) is 11.2 Å². The van der Waals surface area contributed by atoms with Crippen LogP contribution in [0.3, 0.4) is 0 Å². The van der Waals surface area contributed by atoms with Gasteiger partial charge >= 0.3 is 5.97 Å². The van der Waals surface area contributed by atoms with Crippen molar-refractivity contribution in [3.63, 3.8) is 0 Å². The number of aliphatic hydroxyl groups excluding tert-OH is 1. The van der Waals surface area contributed by atoms with Crippen molar-refractivity contribution in [2.75, 3.05) is 13.2 Å². The molecule has 1 aliphatic rings. The highest BCUT2D eigenvalue weighted by Crippen LogP contribution is 2.38. The van der Waals surface area contributed by atoms with E-state index in [4.69, 9.17) is 9.84 Å². The molecule has 156 valence electrons. The number of rotatable bonds is 8. The van der Waals surface area contributed by atoms with Crippen LogP contribution in [0.5, 0.6) is 5.75 Å². The topological polar surface area (TPSA) is 66.8 Å². The van der Waals surface area contributed by atoms with Gasteiger partial charge in [-0.3, -0.25) is 0 Å². The quantitative estimate of drug-likeness (QED) is 0.341. The van der Waals surface area contributed by atoms with Gasteiger partial charge in [0.15, 0.2) is 0 Å². The van der Waals surface area contributed by atoms with Gasteiger partial charge in [0.25, 0.3) is 0 Å². The molecule has 0 heterocycles. The van der Waals surface area contributed by atoms with Gasteiger partial charge in [-0.05, 0) is 51.5 Å². The average Bonchev–Trinajstić information content (AvgIpc) is 2.67. The molecule has 0 fully saturated rings. The Hall–Kier alpha value is -2.07. The maximum atomic E-state index is 12.5. The number of esters is 1. The molecule has 1 aliphatic carbocycles. The van der Waals surface area contributed by atoms with Gasteiger partial charge in [-0.2, -0.15) is 0 Å². The summed E-state index contributed by atoms with van der Waals surface area (Å²) in [6.07, 6.45) is 11.0. The fourth-order valence-corrected chi connectivity index (χ4v) is 3.52. The Morgan fingerprint density at radius 3 is 2.68 bits per heavy atom. The molecule has 0 saturated carbocycles. The van der Waals surface area contributed by atoms with E-state index >= 15 is 0 Å². The molecule has 4 nitrogen and oxygen atoms in total. The summed E-state index contributed by atoms with van der Waals surface area (Å²) in [7, 11) is 0. The number of phenols is 1. The molecular formula is C24H36O4. The monoisotopic (exact) mass is 388 g/mol. The number of hydrogen-bond donors (Lipinski definition) is 2. The van der Waals surface area contributed by atoms with E-state index in [1.165, 1.54) is 5.57 Å². The van der Waals surface area contributed by atoms with Gasteiger partial charge in [-0.15, -0.1) is 6.58 Å². The molecule has 0 aromatic heterocycles. The van der Waals surface area contributed by atoms with Gasteiger partial charge in [0, 0.05) is 11.5 Å². The summed E-state index contributed by atoms with van der Waals surface area (Å²) in [5.41, 5.74) is 3.23. The third-order valence-corrected chi connectivity index (χ3v) is 4.85. The zero-order valence-electron chi connectivity index (χ0n) is 17.7. The molecule has 1 atom stereocenters. The van der Waals surface area contributed by atoms with Gasteiger partial charge in [0.2, 0.25) is 0 Å². The number of aliphatic hydroxyl groups is 1. The number of unbranched alkanes of at least 4 members (excludes halogenated alkanes) is 2. The second-order valence-corrected chi connectivity index (χ2v) is 7.27. The molecule has 0 bridgehead atoms. The molecule has 0 saturated heterocycles. The van der Waals surface area contributed by atoms with E-state index in [1.54, 1.807) is 6.08 Å². The average molecular weight is 389 g/mol. The van der Waals surface area contributed by atoms with Crippen molar-refractivity contribution in [3.8, 4) is 5.75 Å². The minimum absolute atomic E-state index is 0.0490. The first-order valence-corrected chi connectivity index (χ1v) is 10.4. The number of aryl methyl sites for hydroxylation is 1. The minimum Gasteiger partial charge on any atom is -0.507 e. The molecule has 4 heteroatoms. The van der Waals surface area contributed by atoms with E-state index in [0.29, 0.717) is 0 Å². The number of aromatic hydroxyl groups is 1. The summed E-state index contributed by atoms with van der Waals surface area (Å²) in [6.45, 7) is 9.22. The summed E-state index contributed by atoms with van der Waals surface area (Å²) >= 11 is 0. The van der Waals surface area contributed by atoms with Gasteiger partial charge in [0.05, 0.1) is 6.61 Å². The molecule has 2 rings (SSSR count). The maximum absolute atomic E-state index is 12.5. The first-order valence-electron chi connectivity index (χ1n) is 10.4. The van der Waals surface area contributed by atoms with Crippen LogP contribution in [0.4, 0.5) is 0 Å². The van der Waals surface area contributed by atoms with Crippen molar-refractivity contribution in [1.82, 2.24) is 0 Å². The molecule has 0 aliphatic heterocycles. The number of carbonyl (C=O) groups excluding carboxylic acids is 1. The summed E-state index contributed by atoms with van der Waals surface area (Å²) in [6, 6.07) is 3.91. The Morgan fingerprint density at radius 1 is 1.36 bits per heavy atom. The number of allylic oxidation sites excluding steroid dienone is 3. The number of carbonyl (C=O) groups is 1. The highest BCUT2D eigenvalue weighted by Gasteiger charge is 2.24. The van der Waals surface area contributed by atoms with Crippen molar-refractivity contribution >= 4 is 5.97 Å². The zero-order chi connectivity index (χ0) is 20.9. The van der Waals surface area contributed by atoms with E-state index in [-0.39, 0.29) is 30.4 Å². The fourth-order valence-electron chi connectivity index (χ4n) is 3.52. The lowest BCUT2D eigenvalue weighted by Gasteiger charge is -2.22. The molecule has 1 aromatic rings. The van der Waals surface area contributed by atoms with Crippen LogP contribution >= 0.6 is 0 Å². The highest BCUT2D eigenvalue weighted by molar-refractivity contribution is 5.94. The third kappa shape index (κ3) is 7.16. The third-order valence-electron chi connectivity index (χ3n) is 4.85. The fraction of sp³-hybridized carbons (Fsp3) is 0.542. The van der Waals surface area contributed by atoms with Crippen molar-refractivity contribution in [2.24, 2.45) is 0 Å². The normalized spacial score (nSPS) is 15.9. The molecule has 0 radical (unpaired) electrons. The van der Waals surface area contributed by atoms with Crippen LogP contribution in [0, 0.1) is 0 Å². The molecule has 1 aromatic carbocycles. The van der Waals surface area contributed by atoms with E-state index in [2.05, 4.69) is 26.5 Å². The molecular weight excluding hydrogens is 352 g/mol. The summed E-state index contributed by atoms with van der Waals surface area (Å²) < 4.78 is 5.10. The molecule has 0 spiro atoms. The predicted molar refractivity (Wildman–Crippen MR) is 115 cm³/mol. The second-order valence-electron chi connectivity index (χ2n) is 7.27. The zero-order valence-corrected chi connectivity index (χ0v) is 17.7. The van der Waals surface area contributed by atoms with Crippen molar-refractivity contribution in [3.05, 3.63) is 53.1 Å². The number of ether oxygens (including phenoxy) is 1.